The molecule has 0 unspecified atom stereocenters. The smallest absolute Gasteiger partial charge is 0.363 e. The first-order valence-corrected chi connectivity index (χ1v) is 8.33. The van der Waals surface area contributed by atoms with Crippen molar-refractivity contribution in [2.75, 3.05) is 5.32 Å². The highest BCUT2D eigenvalue weighted by Crippen LogP contribution is 2.32. The Hall–Kier alpha value is -1.93. The van der Waals surface area contributed by atoms with Crippen LogP contribution in [0.1, 0.15) is 24.1 Å². The van der Waals surface area contributed by atoms with E-state index in [4.69, 9.17) is 11.6 Å². The molecule has 3 aromatic rings. The first-order chi connectivity index (χ1) is 11.7. The standard InChI is InChI=1S/C16H11BrClF3N4/c1-8(9-3-2-4-10(5-9)16(19,20)21)23-14-12-6-11(17)7-22-13(12)24-15(18)25-14/h2-8H,1H3,(H,22,23,24,25)/t8-/m1/s1. The molecule has 0 radical (unpaired) electrons. The quantitative estimate of drug-likeness (QED) is 0.546. The second kappa shape index (κ2) is 6.76. The van der Waals surface area contributed by atoms with Crippen molar-refractivity contribution in [1.82, 2.24) is 15.0 Å². The first-order valence-electron chi connectivity index (χ1n) is 7.16. The average molecular weight is 432 g/mol. The lowest BCUT2D eigenvalue weighted by molar-refractivity contribution is -0.137. The summed E-state index contributed by atoms with van der Waals surface area (Å²) in [5.41, 5.74) is 0.163. The first kappa shape index (κ1) is 17.9. The highest BCUT2D eigenvalue weighted by atomic mass is 79.9. The number of halogens is 5. The van der Waals surface area contributed by atoms with Crippen molar-refractivity contribution in [2.24, 2.45) is 0 Å². The summed E-state index contributed by atoms with van der Waals surface area (Å²) in [5, 5.41) is 3.69. The SMILES string of the molecule is C[C@@H](Nc1nc(Cl)nc2ncc(Br)cc12)c1cccc(C(F)(F)F)c1. The molecule has 3 rings (SSSR count). The molecule has 0 bridgehead atoms. The van der Waals surface area contributed by atoms with E-state index in [0.29, 0.717) is 22.4 Å². The van der Waals surface area contributed by atoms with E-state index in [0.717, 1.165) is 16.6 Å². The maximum absolute atomic E-state index is 12.9. The van der Waals surface area contributed by atoms with E-state index in [1.165, 1.54) is 6.07 Å². The number of anilines is 1. The predicted molar refractivity (Wildman–Crippen MR) is 93.5 cm³/mol. The molecule has 0 amide bonds. The minimum atomic E-state index is -4.39. The number of hydrogen-bond acceptors (Lipinski definition) is 4. The van der Waals surface area contributed by atoms with Gasteiger partial charge < -0.3 is 5.32 Å². The number of rotatable bonds is 3. The number of benzene rings is 1. The Morgan fingerprint density at radius 3 is 2.68 bits per heavy atom. The van der Waals surface area contributed by atoms with Gasteiger partial charge in [0.25, 0.3) is 0 Å². The molecular weight excluding hydrogens is 421 g/mol. The second-order valence-corrected chi connectivity index (χ2v) is 6.61. The summed E-state index contributed by atoms with van der Waals surface area (Å²) in [7, 11) is 0. The number of hydrogen-bond donors (Lipinski definition) is 1. The van der Waals surface area contributed by atoms with Gasteiger partial charge in [-0.1, -0.05) is 12.1 Å². The molecule has 9 heteroatoms. The molecule has 2 heterocycles. The van der Waals surface area contributed by atoms with Crippen LogP contribution in [0.5, 0.6) is 0 Å². The van der Waals surface area contributed by atoms with Gasteiger partial charge in [0.1, 0.15) is 5.82 Å². The van der Waals surface area contributed by atoms with Crippen LogP contribution in [-0.2, 0) is 6.18 Å². The van der Waals surface area contributed by atoms with Crippen molar-refractivity contribution in [1.29, 1.82) is 0 Å². The van der Waals surface area contributed by atoms with E-state index in [1.54, 1.807) is 25.3 Å². The fraction of sp³-hybridized carbons (Fsp3) is 0.188. The molecule has 0 aliphatic heterocycles. The van der Waals surface area contributed by atoms with Gasteiger partial charge in [-0.15, -0.1) is 0 Å². The molecule has 0 aliphatic carbocycles. The zero-order valence-corrected chi connectivity index (χ0v) is 15.1. The fourth-order valence-electron chi connectivity index (χ4n) is 2.34. The summed E-state index contributed by atoms with van der Waals surface area (Å²) >= 11 is 9.24. The van der Waals surface area contributed by atoms with Crippen LogP contribution >= 0.6 is 27.5 Å². The lowest BCUT2D eigenvalue weighted by atomic mass is 10.0. The molecule has 1 N–H and O–H groups in total. The van der Waals surface area contributed by atoms with Crippen LogP contribution in [0.4, 0.5) is 19.0 Å². The average Bonchev–Trinajstić information content (AvgIpc) is 2.55. The van der Waals surface area contributed by atoms with Crippen molar-refractivity contribution in [2.45, 2.75) is 19.1 Å². The molecule has 0 saturated carbocycles. The van der Waals surface area contributed by atoms with Gasteiger partial charge in [0, 0.05) is 16.7 Å². The van der Waals surface area contributed by atoms with Crippen LogP contribution in [0.2, 0.25) is 5.28 Å². The molecule has 2 aromatic heterocycles. The highest BCUT2D eigenvalue weighted by molar-refractivity contribution is 9.10. The van der Waals surface area contributed by atoms with Crippen molar-refractivity contribution < 1.29 is 13.2 Å². The van der Waals surface area contributed by atoms with Gasteiger partial charge in [0.2, 0.25) is 5.28 Å². The normalized spacial score (nSPS) is 13.0. The van der Waals surface area contributed by atoms with E-state index in [2.05, 4.69) is 36.2 Å². The van der Waals surface area contributed by atoms with Crippen LogP contribution in [0.15, 0.2) is 41.0 Å². The van der Waals surface area contributed by atoms with E-state index in [-0.39, 0.29) is 5.28 Å². The maximum Gasteiger partial charge on any atom is 0.416 e. The Balaban J connectivity index is 1.97. The summed E-state index contributed by atoms with van der Waals surface area (Å²) in [6.45, 7) is 1.74. The highest BCUT2D eigenvalue weighted by Gasteiger charge is 2.30. The topological polar surface area (TPSA) is 50.7 Å². The largest absolute Gasteiger partial charge is 0.416 e. The van der Waals surface area contributed by atoms with Crippen LogP contribution < -0.4 is 5.32 Å². The van der Waals surface area contributed by atoms with Crippen molar-refractivity contribution in [3.05, 3.63) is 57.4 Å². The van der Waals surface area contributed by atoms with E-state index < -0.39 is 17.8 Å². The maximum atomic E-state index is 12.9. The Bertz CT molecular complexity index is 933. The molecule has 0 fully saturated rings. The lowest BCUT2D eigenvalue weighted by Crippen LogP contribution is -2.11. The van der Waals surface area contributed by atoms with Gasteiger partial charge in [0.15, 0.2) is 5.65 Å². The summed E-state index contributed by atoms with van der Waals surface area (Å²) in [6.07, 6.45) is -2.82. The molecule has 1 aromatic carbocycles. The number of nitrogens with one attached hydrogen (secondary N) is 1. The molecule has 1 atom stereocenters. The van der Waals surface area contributed by atoms with Gasteiger partial charge in [-0.2, -0.15) is 18.2 Å². The zero-order chi connectivity index (χ0) is 18.2. The summed E-state index contributed by atoms with van der Waals surface area (Å²) in [4.78, 5) is 12.3. The van der Waals surface area contributed by atoms with Crippen molar-refractivity contribution in [3.63, 3.8) is 0 Å². The van der Waals surface area contributed by atoms with Crippen LogP contribution in [0.3, 0.4) is 0 Å². The van der Waals surface area contributed by atoms with Gasteiger partial charge in [0.05, 0.1) is 10.9 Å². The monoisotopic (exact) mass is 430 g/mol. The molecule has 0 spiro atoms. The zero-order valence-electron chi connectivity index (χ0n) is 12.8. The Morgan fingerprint density at radius 1 is 1.20 bits per heavy atom. The van der Waals surface area contributed by atoms with E-state index in [1.807, 2.05) is 0 Å². The number of pyridine rings is 1. The Morgan fingerprint density at radius 2 is 1.96 bits per heavy atom. The summed E-state index contributed by atoms with van der Waals surface area (Å²) < 4.78 is 39.4. The number of nitrogens with zero attached hydrogens (tertiary/aromatic N) is 3. The van der Waals surface area contributed by atoms with Crippen molar-refractivity contribution in [3.8, 4) is 0 Å². The third-order valence-corrected chi connectivity index (χ3v) is 4.16. The van der Waals surface area contributed by atoms with Gasteiger partial charge in [-0.3, -0.25) is 0 Å². The Labute approximate surface area is 154 Å². The fourth-order valence-corrected chi connectivity index (χ4v) is 2.84. The third-order valence-electron chi connectivity index (χ3n) is 3.56. The van der Waals surface area contributed by atoms with Crippen LogP contribution in [0, 0.1) is 0 Å². The molecule has 25 heavy (non-hydrogen) atoms. The minimum absolute atomic E-state index is 0.000986. The van der Waals surface area contributed by atoms with Gasteiger partial charge in [-0.25, -0.2) is 9.97 Å². The van der Waals surface area contributed by atoms with Crippen LogP contribution in [-0.4, -0.2) is 15.0 Å². The number of fused-ring (bicyclic) bond motifs is 1. The molecule has 130 valence electrons. The third kappa shape index (κ3) is 4.01. The number of aromatic nitrogens is 3. The van der Waals surface area contributed by atoms with Crippen molar-refractivity contribution >= 4 is 44.4 Å². The molecule has 0 aliphatic rings. The molecule has 4 nitrogen and oxygen atoms in total. The second-order valence-electron chi connectivity index (χ2n) is 5.36. The van der Waals surface area contributed by atoms with E-state index in [9.17, 15) is 13.2 Å². The lowest BCUT2D eigenvalue weighted by Gasteiger charge is -2.18. The Kier molecular flexibility index (Phi) is 4.83. The van der Waals surface area contributed by atoms with Crippen LogP contribution in [0.25, 0.3) is 11.0 Å². The van der Waals surface area contributed by atoms with E-state index >= 15 is 0 Å². The molecule has 0 saturated heterocycles. The summed E-state index contributed by atoms with van der Waals surface area (Å²) in [5.74, 6) is 0.397. The minimum Gasteiger partial charge on any atom is -0.363 e. The van der Waals surface area contributed by atoms with Gasteiger partial charge >= 0.3 is 6.18 Å². The molecular formula is C16H11BrClF3N4. The summed E-state index contributed by atoms with van der Waals surface area (Å²) in [6, 6.07) is 6.46. The van der Waals surface area contributed by atoms with Gasteiger partial charge in [-0.05, 0) is 58.2 Å². The number of alkyl halides is 3. The predicted octanol–water partition coefficient (Wildman–Crippen LogP) is 5.63.